The third-order valence-electron chi connectivity index (χ3n) is 2.39. The van der Waals surface area contributed by atoms with Gasteiger partial charge in [0.15, 0.2) is 0 Å². The zero-order valence-electron chi connectivity index (χ0n) is 10.3. The van der Waals surface area contributed by atoms with Crippen molar-refractivity contribution in [3.63, 3.8) is 0 Å². The Balaban J connectivity index is 3.29. The van der Waals surface area contributed by atoms with Crippen LogP contribution in [0.2, 0.25) is 0 Å². The molecule has 1 N–H and O–H groups in total. The Kier molecular flexibility index (Phi) is 5.09. The quantitative estimate of drug-likeness (QED) is 0.849. The van der Waals surface area contributed by atoms with Crippen LogP contribution >= 0.6 is 0 Å². The summed E-state index contributed by atoms with van der Waals surface area (Å²) in [5.74, 6) is -3.51. The molecule has 0 aliphatic carbocycles. The van der Waals surface area contributed by atoms with Gasteiger partial charge in [-0.3, -0.25) is 0 Å². The summed E-state index contributed by atoms with van der Waals surface area (Å²) in [7, 11) is -4.30. The lowest BCUT2D eigenvalue weighted by molar-refractivity contribution is -0.154. The van der Waals surface area contributed by atoms with Crippen LogP contribution in [0.3, 0.4) is 0 Å². The van der Waals surface area contributed by atoms with Crippen LogP contribution in [0.25, 0.3) is 0 Å². The zero-order valence-corrected chi connectivity index (χ0v) is 11.2. The van der Waals surface area contributed by atoms with Gasteiger partial charge in [-0.25, -0.2) is 17.2 Å². The molecular weight excluding hydrogens is 305 g/mol. The molecule has 0 aliphatic heterocycles. The van der Waals surface area contributed by atoms with Gasteiger partial charge >= 0.3 is 6.18 Å². The Bertz CT molecular complexity index is 550. The number of benzene rings is 1. The topological polar surface area (TPSA) is 46.2 Å². The van der Waals surface area contributed by atoms with Crippen LogP contribution in [-0.4, -0.2) is 20.3 Å². The summed E-state index contributed by atoms with van der Waals surface area (Å²) in [6, 6.07) is -0.807. The third kappa shape index (κ3) is 4.14. The SMILES string of the molecule is CCCS(=O)(=O)NC(c1c(F)cccc1F)C(F)(F)F. The lowest BCUT2D eigenvalue weighted by Crippen LogP contribution is -2.40. The summed E-state index contributed by atoms with van der Waals surface area (Å²) in [6.45, 7) is 1.45. The summed E-state index contributed by atoms with van der Waals surface area (Å²) in [5.41, 5.74) is -1.36. The molecule has 0 bridgehead atoms. The lowest BCUT2D eigenvalue weighted by atomic mass is 10.1. The first-order valence-corrected chi connectivity index (χ1v) is 7.24. The summed E-state index contributed by atoms with van der Waals surface area (Å²) < 4.78 is 89.6. The summed E-state index contributed by atoms with van der Waals surface area (Å²) in [6.07, 6.45) is -5.09. The van der Waals surface area contributed by atoms with Crippen LogP contribution < -0.4 is 4.72 Å². The first-order valence-electron chi connectivity index (χ1n) is 5.59. The van der Waals surface area contributed by atoms with Crippen molar-refractivity contribution in [2.45, 2.75) is 25.6 Å². The molecule has 0 amide bonds. The van der Waals surface area contributed by atoms with E-state index < -0.39 is 45.2 Å². The van der Waals surface area contributed by atoms with E-state index in [2.05, 4.69) is 0 Å². The predicted molar refractivity (Wildman–Crippen MR) is 62.4 cm³/mol. The van der Waals surface area contributed by atoms with Crippen molar-refractivity contribution in [1.29, 1.82) is 0 Å². The van der Waals surface area contributed by atoms with Gasteiger partial charge in [0.1, 0.15) is 17.7 Å². The maximum absolute atomic E-state index is 13.4. The number of halogens is 5. The van der Waals surface area contributed by atoms with Gasteiger partial charge in [-0.05, 0) is 18.6 Å². The minimum atomic E-state index is -5.16. The highest BCUT2D eigenvalue weighted by Crippen LogP contribution is 2.35. The van der Waals surface area contributed by atoms with E-state index in [1.165, 1.54) is 11.6 Å². The molecule has 0 heterocycles. The van der Waals surface area contributed by atoms with Crippen molar-refractivity contribution in [3.05, 3.63) is 35.4 Å². The van der Waals surface area contributed by atoms with Gasteiger partial charge in [0, 0.05) is 0 Å². The maximum Gasteiger partial charge on any atom is 0.409 e. The van der Waals surface area contributed by atoms with E-state index in [0.29, 0.717) is 12.1 Å². The molecule has 3 nitrogen and oxygen atoms in total. The largest absolute Gasteiger partial charge is 0.409 e. The Morgan fingerprint density at radius 2 is 1.70 bits per heavy atom. The van der Waals surface area contributed by atoms with Crippen LogP contribution in [0.4, 0.5) is 22.0 Å². The highest BCUT2D eigenvalue weighted by Gasteiger charge is 2.45. The molecule has 20 heavy (non-hydrogen) atoms. The number of rotatable bonds is 5. The normalized spacial score (nSPS) is 14.3. The van der Waals surface area contributed by atoms with Crippen LogP contribution in [-0.2, 0) is 10.0 Å². The first-order chi connectivity index (χ1) is 9.08. The molecule has 0 aliphatic rings. The first kappa shape index (κ1) is 16.8. The van der Waals surface area contributed by atoms with Gasteiger partial charge in [-0.2, -0.15) is 17.9 Å². The Morgan fingerprint density at radius 3 is 2.10 bits per heavy atom. The molecule has 0 fully saturated rings. The minimum absolute atomic E-state index is 0.0691. The fraction of sp³-hybridized carbons (Fsp3) is 0.455. The average molecular weight is 317 g/mol. The second kappa shape index (κ2) is 6.04. The second-order valence-corrected chi connectivity index (χ2v) is 5.92. The van der Waals surface area contributed by atoms with Gasteiger partial charge in [0.25, 0.3) is 0 Å². The molecule has 9 heteroatoms. The zero-order chi connectivity index (χ0) is 15.6. The Morgan fingerprint density at radius 1 is 1.20 bits per heavy atom. The van der Waals surface area contributed by atoms with Crippen molar-refractivity contribution in [2.24, 2.45) is 0 Å². The van der Waals surface area contributed by atoms with E-state index in [1.807, 2.05) is 0 Å². The standard InChI is InChI=1S/C11H12F5NO2S/c1-2-6-20(18,19)17-10(11(14,15)16)9-7(12)4-3-5-8(9)13/h3-5,10,17H,2,6H2,1H3. The van der Waals surface area contributed by atoms with Gasteiger partial charge in [-0.1, -0.05) is 13.0 Å². The van der Waals surface area contributed by atoms with Gasteiger partial charge in [-0.15, -0.1) is 0 Å². The van der Waals surface area contributed by atoms with Crippen LogP contribution in [0, 0.1) is 11.6 Å². The highest BCUT2D eigenvalue weighted by atomic mass is 32.2. The molecule has 1 aromatic rings. The molecule has 1 aromatic carbocycles. The van der Waals surface area contributed by atoms with Crippen molar-refractivity contribution in [1.82, 2.24) is 4.72 Å². The highest BCUT2D eigenvalue weighted by molar-refractivity contribution is 7.89. The molecule has 0 aromatic heterocycles. The summed E-state index contributed by atoms with van der Waals surface area (Å²) >= 11 is 0. The number of nitrogens with one attached hydrogen (secondary N) is 1. The Hall–Kier alpha value is -1.22. The fourth-order valence-electron chi connectivity index (χ4n) is 1.58. The van der Waals surface area contributed by atoms with Crippen molar-refractivity contribution >= 4 is 10.0 Å². The molecule has 1 unspecified atom stereocenters. The summed E-state index contributed by atoms with van der Waals surface area (Å²) in [4.78, 5) is 0. The number of alkyl halides is 3. The van der Waals surface area contributed by atoms with E-state index in [4.69, 9.17) is 0 Å². The molecule has 0 spiro atoms. The number of hydrogen-bond acceptors (Lipinski definition) is 2. The van der Waals surface area contributed by atoms with Gasteiger partial charge in [0.2, 0.25) is 10.0 Å². The van der Waals surface area contributed by atoms with Crippen LogP contribution in [0.1, 0.15) is 24.9 Å². The monoisotopic (exact) mass is 317 g/mol. The number of sulfonamides is 1. The molecule has 0 radical (unpaired) electrons. The van der Waals surface area contributed by atoms with Crippen molar-refractivity contribution in [3.8, 4) is 0 Å². The molecule has 114 valence electrons. The fourth-order valence-corrected chi connectivity index (χ4v) is 2.85. The van der Waals surface area contributed by atoms with E-state index >= 15 is 0 Å². The molecule has 0 saturated heterocycles. The predicted octanol–water partition coefficient (Wildman–Crippen LogP) is 2.90. The third-order valence-corrected chi connectivity index (χ3v) is 3.93. The van der Waals surface area contributed by atoms with E-state index in [1.54, 1.807) is 0 Å². The van der Waals surface area contributed by atoms with Crippen LogP contribution in [0.5, 0.6) is 0 Å². The lowest BCUT2D eigenvalue weighted by Gasteiger charge is -2.22. The maximum atomic E-state index is 13.4. The average Bonchev–Trinajstić information content (AvgIpc) is 2.25. The molecular formula is C11H12F5NO2S. The molecule has 1 atom stereocenters. The minimum Gasteiger partial charge on any atom is -0.212 e. The second-order valence-electron chi connectivity index (χ2n) is 4.05. The van der Waals surface area contributed by atoms with Crippen molar-refractivity contribution < 1.29 is 30.4 Å². The van der Waals surface area contributed by atoms with Crippen LogP contribution in [0.15, 0.2) is 18.2 Å². The molecule has 0 saturated carbocycles. The van der Waals surface area contributed by atoms with Crippen molar-refractivity contribution in [2.75, 3.05) is 5.75 Å². The smallest absolute Gasteiger partial charge is 0.212 e. The number of hydrogen-bond donors (Lipinski definition) is 1. The Labute approximate surface area is 112 Å². The summed E-state index contributed by atoms with van der Waals surface area (Å²) in [5, 5.41) is 0. The van der Waals surface area contributed by atoms with Gasteiger partial charge < -0.3 is 0 Å². The molecule has 1 rings (SSSR count). The van der Waals surface area contributed by atoms with E-state index in [-0.39, 0.29) is 6.42 Å². The van der Waals surface area contributed by atoms with E-state index in [0.717, 1.165) is 6.07 Å². The van der Waals surface area contributed by atoms with E-state index in [9.17, 15) is 30.4 Å². The van der Waals surface area contributed by atoms with Gasteiger partial charge in [0.05, 0.1) is 11.3 Å².